The number of unbranched alkanes of at least 4 members (excludes halogenated alkanes) is 3. The second-order valence-electron chi connectivity index (χ2n) is 5.44. The van der Waals surface area contributed by atoms with Gasteiger partial charge in [0.15, 0.2) is 0 Å². The van der Waals surface area contributed by atoms with Gasteiger partial charge in [-0.25, -0.2) is 5.43 Å². The molecule has 0 heterocycles. The van der Waals surface area contributed by atoms with Crippen molar-refractivity contribution in [1.29, 1.82) is 0 Å². The number of nitrogens with zero attached hydrogens (tertiary/aromatic N) is 1. The van der Waals surface area contributed by atoms with Crippen LogP contribution in [0, 0.1) is 0 Å². The first kappa shape index (κ1) is 18.8. The number of rotatable bonds is 11. The zero-order valence-corrected chi connectivity index (χ0v) is 13.5. The van der Waals surface area contributed by atoms with Gasteiger partial charge in [0.25, 0.3) is 0 Å². The Morgan fingerprint density at radius 2 is 1.91 bits per heavy atom. The number of hydrogen-bond donors (Lipinski definition) is 2. The Balaban J connectivity index is 2.69. The number of benzene rings is 1. The maximum atomic E-state index is 11.7. The molecular weight excluding hydrogens is 294 g/mol. The van der Waals surface area contributed by atoms with Gasteiger partial charge in [0.2, 0.25) is 12.2 Å². The Hall–Kier alpha value is -2.21. The van der Waals surface area contributed by atoms with Crippen LogP contribution in [0.3, 0.4) is 0 Å². The van der Waals surface area contributed by atoms with E-state index >= 15 is 0 Å². The van der Waals surface area contributed by atoms with Gasteiger partial charge in [0, 0.05) is 6.54 Å². The van der Waals surface area contributed by atoms with Crippen LogP contribution < -0.4 is 11.2 Å². The average molecular weight is 319 g/mol. The van der Waals surface area contributed by atoms with Crippen molar-refractivity contribution in [2.24, 2.45) is 5.73 Å². The molecule has 0 unspecified atom stereocenters. The number of hydrogen-bond acceptors (Lipinski definition) is 4. The molecule has 0 bridgehead atoms. The van der Waals surface area contributed by atoms with Gasteiger partial charge in [0.05, 0.1) is 0 Å². The summed E-state index contributed by atoms with van der Waals surface area (Å²) in [5.74, 6) is -1.26. The van der Waals surface area contributed by atoms with Crippen molar-refractivity contribution in [2.75, 3.05) is 6.54 Å². The van der Waals surface area contributed by atoms with E-state index in [1.54, 1.807) is 0 Å². The molecule has 126 valence electrons. The maximum absolute atomic E-state index is 11.7. The van der Waals surface area contributed by atoms with Crippen molar-refractivity contribution in [2.45, 2.75) is 45.1 Å². The van der Waals surface area contributed by atoms with Crippen LogP contribution in [0.4, 0.5) is 0 Å². The molecule has 1 atom stereocenters. The quantitative estimate of drug-likeness (QED) is 0.277. The van der Waals surface area contributed by atoms with E-state index in [4.69, 9.17) is 5.73 Å². The molecule has 0 fully saturated rings. The minimum atomic E-state index is -0.743. The maximum Gasteiger partial charge on any atom is 0.300 e. The summed E-state index contributed by atoms with van der Waals surface area (Å²) in [7, 11) is 0. The van der Waals surface area contributed by atoms with E-state index in [2.05, 4.69) is 12.3 Å². The van der Waals surface area contributed by atoms with Gasteiger partial charge >= 0.3 is 5.91 Å². The van der Waals surface area contributed by atoms with E-state index in [9.17, 15) is 14.4 Å². The zero-order valence-electron chi connectivity index (χ0n) is 13.5. The zero-order chi connectivity index (χ0) is 17.1. The lowest BCUT2D eigenvalue weighted by atomic mass is 10.1. The van der Waals surface area contributed by atoms with Crippen LogP contribution in [-0.2, 0) is 20.8 Å². The van der Waals surface area contributed by atoms with E-state index in [-0.39, 0.29) is 6.29 Å². The molecular formula is C17H25N3O3. The van der Waals surface area contributed by atoms with E-state index in [0.29, 0.717) is 13.0 Å². The molecule has 0 aliphatic heterocycles. The minimum Gasteiger partial charge on any atom is -0.368 e. The fourth-order valence-electron chi connectivity index (χ4n) is 2.25. The average Bonchev–Trinajstić information content (AvgIpc) is 2.56. The molecule has 0 saturated heterocycles. The second kappa shape index (κ2) is 10.5. The van der Waals surface area contributed by atoms with Gasteiger partial charge in [-0.2, -0.15) is 0 Å². The third-order valence-electron chi connectivity index (χ3n) is 3.54. The van der Waals surface area contributed by atoms with Crippen molar-refractivity contribution in [3.63, 3.8) is 0 Å². The molecule has 0 spiro atoms. The van der Waals surface area contributed by atoms with Crippen molar-refractivity contribution in [3.8, 4) is 0 Å². The first-order valence-corrected chi connectivity index (χ1v) is 7.94. The summed E-state index contributed by atoms with van der Waals surface area (Å²) in [6.45, 7) is 2.46. The smallest absolute Gasteiger partial charge is 0.300 e. The molecule has 0 aromatic heterocycles. The number of hydrazine groups is 1. The molecule has 6 nitrogen and oxygen atoms in total. The number of carbonyl (C=O) groups excluding carboxylic acids is 3. The monoisotopic (exact) mass is 319 g/mol. The molecule has 0 saturated carbocycles. The lowest BCUT2D eigenvalue weighted by molar-refractivity contribution is -0.142. The van der Waals surface area contributed by atoms with E-state index in [1.165, 1.54) is 5.01 Å². The summed E-state index contributed by atoms with van der Waals surface area (Å²) in [5.41, 5.74) is 9.16. The number of amides is 2. The first-order valence-electron chi connectivity index (χ1n) is 7.94. The second-order valence-corrected chi connectivity index (χ2v) is 5.44. The number of aldehydes is 1. The van der Waals surface area contributed by atoms with Crippen LogP contribution in [0.2, 0.25) is 0 Å². The third kappa shape index (κ3) is 7.06. The van der Waals surface area contributed by atoms with Crippen molar-refractivity contribution in [3.05, 3.63) is 35.9 Å². The number of primary amides is 1. The predicted octanol–water partition coefficient (Wildman–Crippen LogP) is 1.20. The fraction of sp³-hybridized carbons (Fsp3) is 0.471. The summed E-state index contributed by atoms with van der Waals surface area (Å²) in [4.78, 5) is 34.2. The van der Waals surface area contributed by atoms with Crippen LogP contribution >= 0.6 is 0 Å². The number of nitrogens with two attached hydrogens (primary N) is 1. The Morgan fingerprint density at radius 1 is 1.22 bits per heavy atom. The summed E-state index contributed by atoms with van der Waals surface area (Å²) in [6.07, 6.45) is 4.46. The minimum absolute atomic E-state index is 0.243. The Kier molecular flexibility index (Phi) is 8.60. The standard InChI is InChI=1S/C17H25N3O3/c1-2-3-4-8-11-20(16(22)13-21)19-15(17(18)23)12-14-9-6-5-7-10-14/h5-7,9-10,13,15,19H,2-4,8,11-12H2,1H3,(H2,18,23)/t15-/m0/s1. The highest BCUT2D eigenvalue weighted by molar-refractivity contribution is 6.23. The normalized spacial score (nSPS) is 11.7. The summed E-state index contributed by atoms with van der Waals surface area (Å²) >= 11 is 0. The number of nitrogens with one attached hydrogen (secondary N) is 1. The van der Waals surface area contributed by atoms with E-state index in [0.717, 1.165) is 31.2 Å². The van der Waals surface area contributed by atoms with Crippen LogP contribution in [0.5, 0.6) is 0 Å². The molecule has 1 aromatic rings. The van der Waals surface area contributed by atoms with Crippen molar-refractivity contribution < 1.29 is 14.4 Å². The van der Waals surface area contributed by atoms with Gasteiger partial charge in [-0.05, 0) is 18.4 Å². The molecule has 2 amide bonds. The van der Waals surface area contributed by atoms with Crippen LogP contribution in [0.15, 0.2) is 30.3 Å². The molecule has 0 aliphatic rings. The molecule has 3 N–H and O–H groups in total. The Labute approximate surface area is 137 Å². The summed E-state index contributed by atoms with van der Waals surface area (Å²) < 4.78 is 0. The lowest BCUT2D eigenvalue weighted by Gasteiger charge is -2.26. The highest BCUT2D eigenvalue weighted by Crippen LogP contribution is 2.05. The highest BCUT2D eigenvalue weighted by Gasteiger charge is 2.21. The largest absolute Gasteiger partial charge is 0.368 e. The molecule has 0 aliphatic carbocycles. The van der Waals surface area contributed by atoms with Gasteiger partial charge in [-0.1, -0.05) is 56.5 Å². The summed E-state index contributed by atoms with van der Waals surface area (Å²) in [6, 6.07) is 8.63. The van der Waals surface area contributed by atoms with Crippen molar-refractivity contribution >= 4 is 18.1 Å². The molecule has 0 radical (unpaired) electrons. The van der Waals surface area contributed by atoms with Gasteiger partial charge in [-0.15, -0.1) is 0 Å². The third-order valence-corrected chi connectivity index (χ3v) is 3.54. The van der Waals surface area contributed by atoms with Crippen LogP contribution in [0.1, 0.15) is 38.2 Å². The lowest BCUT2D eigenvalue weighted by Crippen LogP contribution is -2.54. The fourth-order valence-corrected chi connectivity index (χ4v) is 2.25. The molecule has 6 heteroatoms. The van der Waals surface area contributed by atoms with E-state index in [1.807, 2.05) is 30.3 Å². The van der Waals surface area contributed by atoms with Crippen LogP contribution in [-0.4, -0.2) is 35.7 Å². The van der Waals surface area contributed by atoms with Crippen LogP contribution in [0.25, 0.3) is 0 Å². The van der Waals surface area contributed by atoms with Gasteiger partial charge in [-0.3, -0.25) is 19.4 Å². The topological polar surface area (TPSA) is 92.5 Å². The van der Waals surface area contributed by atoms with Gasteiger partial charge in [0.1, 0.15) is 6.04 Å². The van der Waals surface area contributed by atoms with Gasteiger partial charge < -0.3 is 5.73 Å². The SMILES string of the molecule is CCCCCCN(N[C@@H](Cc1ccccc1)C(N)=O)C(=O)C=O. The van der Waals surface area contributed by atoms with Crippen molar-refractivity contribution in [1.82, 2.24) is 10.4 Å². The Morgan fingerprint density at radius 3 is 2.48 bits per heavy atom. The van der Waals surface area contributed by atoms with E-state index < -0.39 is 17.9 Å². The number of carbonyl (C=O) groups is 3. The molecule has 23 heavy (non-hydrogen) atoms. The summed E-state index contributed by atoms with van der Waals surface area (Å²) in [5, 5.41) is 1.20. The first-order chi connectivity index (χ1) is 11.1. The predicted molar refractivity (Wildman–Crippen MR) is 88.2 cm³/mol. The highest BCUT2D eigenvalue weighted by atomic mass is 16.2. The molecule has 1 rings (SSSR count). The molecule has 1 aromatic carbocycles. The Bertz CT molecular complexity index is 505.